The second kappa shape index (κ2) is 8.16. The molecule has 1 aliphatic heterocycles. The zero-order valence-electron chi connectivity index (χ0n) is 16.2. The number of hydrogen-bond acceptors (Lipinski definition) is 4. The van der Waals surface area contributed by atoms with Gasteiger partial charge in [0.1, 0.15) is 11.6 Å². The van der Waals surface area contributed by atoms with Gasteiger partial charge in [-0.1, -0.05) is 12.1 Å². The fraction of sp³-hybridized carbons (Fsp3) is 0.333. The van der Waals surface area contributed by atoms with Gasteiger partial charge in [-0.3, -0.25) is 9.59 Å². The third kappa shape index (κ3) is 4.54. The molecule has 2 aliphatic rings. The molecule has 5 nitrogen and oxygen atoms in total. The van der Waals surface area contributed by atoms with E-state index >= 15 is 0 Å². The first kappa shape index (κ1) is 21.6. The van der Waals surface area contributed by atoms with E-state index in [9.17, 15) is 27.2 Å². The number of anilines is 1. The van der Waals surface area contributed by atoms with Crippen LogP contribution in [-0.2, 0) is 11.3 Å². The molecule has 1 heterocycles. The highest BCUT2D eigenvalue weighted by Gasteiger charge is 2.46. The molecule has 1 atom stereocenters. The number of rotatable bonds is 4. The number of fused-ring (bicyclic) bond motifs is 1. The average molecular weight is 453 g/mol. The average Bonchev–Trinajstić information content (AvgIpc) is 2.79. The number of carbonyl (C=O) groups is 2. The van der Waals surface area contributed by atoms with Crippen molar-refractivity contribution in [1.82, 2.24) is 5.32 Å². The maximum absolute atomic E-state index is 14.7. The number of amides is 2. The van der Waals surface area contributed by atoms with Gasteiger partial charge in [0, 0.05) is 29.5 Å². The minimum Gasteiger partial charge on any atom is -0.349 e. The number of nitrogens with one attached hydrogen (secondary N) is 1. The lowest BCUT2D eigenvalue weighted by atomic mass is 9.88. The molecule has 164 valence electrons. The van der Waals surface area contributed by atoms with Crippen molar-refractivity contribution in [2.75, 3.05) is 10.7 Å². The van der Waals surface area contributed by atoms with Gasteiger partial charge in [0.15, 0.2) is 0 Å². The molecule has 0 aromatic heterocycles. The highest BCUT2D eigenvalue weighted by molar-refractivity contribution is 7.99. The quantitative estimate of drug-likeness (QED) is 0.696. The predicted molar refractivity (Wildman–Crippen MR) is 108 cm³/mol. The van der Waals surface area contributed by atoms with Crippen LogP contribution >= 0.6 is 11.8 Å². The van der Waals surface area contributed by atoms with Crippen LogP contribution in [0.25, 0.3) is 0 Å². The Morgan fingerprint density at radius 2 is 1.87 bits per heavy atom. The highest BCUT2D eigenvalue weighted by Crippen LogP contribution is 2.39. The first-order valence-corrected chi connectivity index (χ1v) is 10.6. The molecule has 0 spiro atoms. The standard InChI is InChI=1S/C21H19F4N3O2S/c22-12-3-1-11(2-4-12)9-28-17-5-14(19(29)27-13-7-21(24,25)8-13)15(23)6-18(17)31-10-16(26)20(28)30/h1-6,13,16H,7-10,26H2,(H,27,29)/t16-/m0/s1. The second-order valence-corrected chi connectivity index (χ2v) is 8.76. The Morgan fingerprint density at radius 1 is 1.19 bits per heavy atom. The summed E-state index contributed by atoms with van der Waals surface area (Å²) in [6.45, 7) is 0.0436. The number of halogens is 4. The number of benzene rings is 2. The molecular formula is C21H19F4N3O2S. The maximum Gasteiger partial charge on any atom is 0.254 e. The lowest BCUT2D eigenvalue weighted by Crippen LogP contribution is -2.50. The fourth-order valence-corrected chi connectivity index (χ4v) is 4.58. The summed E-state index contributed by atoms with van der Waals surface area (Å²) >= 11 is 1.18. The third-order valence-corrected chi connectivity index (χ3v) is 6.43. The molecule has 0 unspecified atom stereocenters. The van der Waals surface area contributed by atoms with Crippen LogP contribution in [0.3, 0.4) is 0 Å². The van der Waals surface area contributed by atoms with E-state index in [0.29, 0.717) is 10.5 Å². The topological polar surface area (TPSA) is 75.4 Å². The number of nitrogens with two attached hydrogens (primary N) is 1. The molecule has 0 radical (unpaired) electrons. The summed E-state index contributed by atoms with van der Waals surface area (Å²) in [7, 11) is 0. The number of carbonyl (C=O) groups excluding carboxylic acids is 2. The van der Waals surface area contributed by atoms with Crippen LogP contribution in [0.2, 0.25) is 0 Å². The highest BCUT2D eigenvalue weighted by atomic mass is 32.2. The summed E-state index contributed by atoms with van der Waals surface area (Å²) in [5, 5.41) is 2.41. The van der Waals surface area contributed by atoms with Crippen LogP contribution in [0, 0.1) is 11.6 Å². The van der Waals surface area contributed by atoms with E-state index < -0.39 is 54.3 Å². The van der Waals surface area contributed by atoms with Gasteiger partial charge in [-0.15, -0.1) is 11.8 Å². The van der Waals surface area contributed by atoms with Crippen molar-refractivity contribution in [2.45, 2.75) is 42.3 Å². The Labute approximate surface area is 180 Å². The van der Waals surface area contributed by atoms with Gasteiger partial charge >= 0.3 is 0 Å². The van der Waals surface area contributed by atoms with Gasteiger partial charge in [-0.2, -0.15) is 0 Å². The zero-order chi connectivity index (χ0) is 22.3. The van der Waals surface area contributed by atoms with Crippen molar-refractivity contribution in [3.05, 3.63) is 59.2 Å². The van der Waals surface area contributed by atoms with Crippen molar-refractivity contribution >= 4 is 29.3 Å². The van der Waals surface area contributed by atoms with Crippen molar-refractivity contribution in [3.63, 3.8) is 0 Å². The SMILES string of the molecule is N[C@H]1CSc2cc(F)c(C(=O)NC3CC(F)(F)C3)cc2N(Cc2ccc(F)cc2)C1=O. The number of hydrogen-bond donors (Lipinski definition) is 2. The molecule has 0 saturated heterocycles. The molecule has 1 saturated carbocycles. The Hall–Kier alpha value is -2.59. The summed E-state index contributed by atoms with van der Waals surface area (Å²) in [6, 6.07) is 6.34. The largest absolute Gasteiger partial charge is 0.349 e. The Morgan fingerprint density at radius 3 is 2.52 bits per heavy atom. The van der Waals surface area contributed by atoms with Gasteiger partial charge in [-0.05, 0) is 29.8 Å². The molecule has 3 N–H and O–H groups in total. The summed E-state index contributed by atoms with van der Waals surface area (Å²) in [5.41, 5.74) is 6.52. The van der Waals surface area contributed by atoms with E-state index in [1.807, 2.05) is 0 Å². The molecule has 2 aromatic carbocycles. The molecule has 31 heavy (non-hydrogen) atoms. The Bertz CT molecular complexity index is 1020. The number of alkyl halides is 2. The molecule has 0 bridgehead atoms. The molecule has 2 amide bonds. The van der Waals surface area contributed by atoms with Gasteiger partial charge < -0.3 is 16.0 Å². The first-order chi connectivity index (χ1) is 14.6. The second-order valence-electron chi connectivity index (χ2n) is 7.70. The van der Waals surface area contributed by atoms with Crippen LogP contribution in [0.4, 0.5) is 23.2 Å². The van der Waals surface area contributed by atoms with Gasteiger partial charge in [-0.25, -0.2) is 17.6 Å². The smallest absolute Gasteiger partial charge is 0.254 e. The minimum absolute atomic E-state index is 0.0436. The molecule has 1 fully saturated rings. The zero-order valence-corrected chi connectivity index (χ0v) is 17.0. The summed E-state index contributed by atoms with van der Waals surface area (Å²) < 4.78 is 54.0. The molecule has 1 aliphatic carbocycles. The Balaban J connectivity index is 1.66. The van der Waals surface area contributed by atoms with E-state index in [1.165, 1.54) is 47.0 Å². The van der Waals surface area contributed by atoms with Gasteiger partial charge in [0.2, 0.25) is 5.91 Å². The summed E-state index contributed by atoms with van der Waals surface area (Å²) in [6.07, 6.45) is -0.990. The van der Waals surface area contributed by atoms with Gasteiger partial charge in [0.25, 0.3) is 11.8 Å². The van der Waals surface area contributed by atoms with Crippen LogP contribution in [0.1, 0.15) is 28.8 Å². The van der Waals surface area contributed by atoms with Gasteiger partial charge in [0.05, 0.1) is 23.8 Å². The van der Waals surface area contributed by atoms with E-state index in [0.717, 1.165) is 6.07 Å². The van der Waals surface area contributed by atoms with Crippen molar-refractivity contribution in [2.24, 2.45) is 5.73 Å². The van der Waals surface area contributed by atoms with Crippen molar-refractivity contribution in [3.8, 4) is 0 Å². The van der Waals surface area contributed by atoms with Crippen LogP contribution in [0.15, 0.2) is 41.3 Å². The predicted octanol–water partition coefficient (Wildman–Crippen LogP) is 3.46. The van der Waals surface area contributed by atoms with Crippen molar-refractivity contribution < 1.29 is 27.2 Å². The van der Waals surface area contributed by atoms with Crippen LogP contribution < -0.4 is 16.0 Å². The number of thioether (sulfide) groups is 1. The molecule has 10 heteroatoms. The van der Waals surface area contributed by atoms with E-state index in [4.69, 9.17) is 5.73 Å². The normalized spacial score (nSPS) is 20.6. The Kier molecular flexibility index (Phi) is 5.69. The number of nitrogens with zero attached hydrogens (tertiary/aromatic N) is 1. The molecule has 2 aromatic rings. The fourth-order valence-electron chi connectivity index (χ4n) is 3.58. The lowest BCUT2D eigenvalue weighted by molar-refractivity contribution is -0.119. The van der Waals surface area contributed by atoms with E-state index in [2.05, 4.69) is 5.32 Å². The van der Waals surface area contributed by atoms with E-state index in [1.54, 1.807) is 0 Å². The molecular weight excluding hydrogens is 434 g/mol. The van der Waals surface area contributed by atoms with E-state index in [-0.39, 0.29) is 23.5 Å². The minimum atomic E-state index is -2.82. The van der Waals surface area contributed by atoms with Crippen LogP contribution in [-0.4, -0.2) is 35.6 Å². The van der Waals surface area contributed by atoms with Crippen LogP contribution in [0.5, 0.6) is 0 Å². The maximum atomic E-state index is 14.7. The summed E-state index contributed by atoms with van der Waals surface area (Å²) in [5.74, 6) is -5.11. The summed E-state index contributed by atoms with van der Waals surface area (Å²) in [4.78, 5) is 27.2. The monoisotopic (exact) mass is 453 g/mol. The third-order valence-electron chi connectivity index (χ3n) is 5.26. The molecule has 4 rings (SSSR count). The lowest BCUT2D eigenvalue weighted by Gasteiger charge is -2.35. The first-order valence-electron chi connectivity index (χ1n) is 9.59. The van der Waals surface area contributed by atoms with Crippen molar-refractivity contribution in [1.29, 1.82) is 0 Å².